The monoisotopic (exact) mass is 206 g/mol. The minimum absolute atomic E-state index is 0.421. The molecule has 0 radical (unpaired) electrons. The lowest BCUT2D eigenvalue weighted by atomic mass is 9.94. The zero-order chi connectivity index (χ0) is 9.97. The zero-order valence-corrected chi connectivity index (χ0v) is 8.97. The van der Waals surface area contributed by atoms with Gasteiger partial charge in [0, 0.05) is 12.5 Å². The van der Waals surface area contributed by atoms with Crippen molar-refractivity contribution in [3.05, 3.63) is 35.9 Å². The third-order valence-electron chi connectivity index (χ3n) is 2.73. The van der Waals surface area contributed by atoms with E-state index in [2.05, 4.69) is 41.8 Å². The Morgan fingerprint density at radius 3 is 2.64 bits per heavy atom. The van der Waals surface area contributed by atoms with Gasteiger partial charge in [-0.25, -0.2) is 0 Å². The molecule has 1 aliphatic heterocycles. The van der Waals surface area contributed by atoms with Crippen LogP contribution in [0.15, 0.2) is 30.3 Å². The summed E-state index contributed by atoms with van der Waals surface area (Å²) in [6.07, 6.45) is 0. The highest BCUT2D eigenvalue weighted by molar-refractivity contribution is 7.80. The van der Waals surface area contributed by atoms with Gasteiger partial charge in [-0.2, -0.15) is 0 Å². The number of hydrogen-bond donors (Lipinski definition) is 2. The third kappa shape index (κ3) is 1.87. The molecule has 1 saturated heterocycles. The molecule has 1 heterocycles. The number of rotatable bonds is 2. The van der Waals surface area contributed by atoms with Crippen LogP contribution >= 0.6 is 12.2 Å². The van der Waals surface area contributed by atoms with Gasteiger partial charge in [0.05, 0.1) is 6.04 Å². The molecule has 0 amide bonds. The first-order chi connectivity index (χ1) is 6.77. The van der Waals surface area contributed by atoms with Gasteiger partial charge in [-0.15, -0.1) is 0 Å². The Hall–Kier alpha value is -1.09. The minimum atomic E-state index is 0.421. The Balaban J connectivity index is 2.09. The van der Waals surface area contributed by atoms with E-state index in [-0.39, 0.29) is 0 Å². The lowest BCUT2D eigenvalue weighted by molar-refractivity contribution is 0.556. The first-order valence-corrected chi connectivity index (χ1v) is 5.27. The van der Waals surface area contributed by atoms with Crippen molar-refractivity contribution < 1.29 is 0 Å². The smallest absolute Gasteiger partial charge is 0.166 e. The first kappa shape index (κ1) is 9.46. The SMILES string of the molecule is CC(c1ccccc1)C1CNC(=S)N1. The maximum Gasteiger partial charge on any atom is 0.166 e. The normalized spacial score (nSPS) is 22.6. The predicted octanol–water partition coefficient (Wildman–Crippen LogP) is 1.64. The Kier molecular flexibility index (Phi) is 2.68. The summed E-state index contributed by atoms with van der Waals surface area (Å²) in [5, 5.41) is 7.19. The van der Waals surface area contributed by atoms with Crippen molar-refractivity contribution in [1.29, 1.82) is 0 Å². The molecule has 0 aromatic heterocycles. The Bertz CT molecular complexity index is 323. The highest BCUT2D eigenvalue weighted by atomic mass is 32.1. The molecule has 2 N–H and O–H groups in total. The third-order valence-corrected chi connectivity index (χ3v) is 2.99. The summed E-state index contributed by atoms with van der Waals surface area (Å²) in [5.41, 5.74) is 1.36. The zero-order valence-electron chi connectivity index (χ0n) is 8.16. The number of thiocarbonyl (C=S) groups is 1. The van der Waals surface area contributed by atoms with Gasteiger partial charge in [0.1, 0.15) is 0 Å². The molecule has 0 bridgehead atoms. The molecule has 1 aromatic rings. The largest absolute Gasteiger partial charge is 0.361 e. The molecule has 2 unspecified atom stereocenters. The van der Waals surface area contributed by atoms with Gasteiger partial charge >= 0.3 is 0 Å². The van der Waals surface area contributed by atoms with Crippen LogP contribution in [0.5, 0.6) is 0 Å². The average Bonchev–Trinajstić information content (AvgIpc) is 2.65. The van der Waals surface area contributed by atoms with Crippen molar-refractivity contribution in [1.82, 2.24) is 10.6 Å². The topological polar surface area (TPSA) is 24.1 Å². The van der Waals surface area contributed by atoms with E-state index in [1.165, 1.54) is 5.56 Å². The van der Waals surface area contributed by atoms with E-state index in [0.29, 0.717) is 12.0 Å². The summed E-state index contributed by atoms with van der Waals surface area (Å²) in [6, 6.07) is 10.9. The van der Waals surface area contributed by atoms with Crippen LogP contribution in [-0.2, 0) is 0 Å². The Morgan fingerprint density at radius 2 is 2.07 bits per heavy atom. The van der Waals surface area contributed by atoms with Gasteiger partial charge in [-0.3, -0.25) is 0 Å². The van der Waals surface area contributed by atoms with Crippen LogP contribution in [-0.4, -0.2) is 17.7 Å². The molecule has 1 aliphatic rings. The molecule has 0 saturated carbocycles. The molecule has 1 fully saturated rings. The van der Waals surface area contributed by atoms with Crippen molar-refractivity contribution in [3.63, 3.8) is 0 Å². The molecule has 2 nitrogen and oxygen atoms in total. The molecular formula is C11H14N2S. The molecule has 0 aliphatic carbocycles. The van der Waals surface area contributed by atoms with Crippen LogP contribution in [0.3, 0.4) is 0 Å². The summed E-state index contributed by atoms with van der Waals surface area (Å²) in [5.74, 6) is 0.490. The van der Waals surface area contributed by atoms with E-state index in [0.717, 1.165) is 11.7 Å². The molecule has 14 heavy (non-hydrogen) atoms. The predicted molar refractivity (Wildman–Crippen MR) is 62.4 cm³/mol. The summed E-state index contributed by atoms with van der Waals surface area (Å²) >= 11 is 5.04. The standard InChI is InChI=1S/C11H14N2S/c1-8(9-5-3-2-4-6-9)10-7-12-11(14)13-10/h2-6,8,10H,7H2,1H3,(H2,12,13,14). The highest BCUT2D eigenvalue weighted by Gasteiger charge is 2.24. The van der Waals surface area contributed by atoms with Gasteiger partial charge < -0.3 is 10.6 Å². The fourth-order valence-corrected chi connectivity index (χ4v) is 2.00. The maximum atomic E-state index is 5.04. The van der Waals surface area contributed by atoms with E-state index in [1.807, 2.05) is 6.07 Å². The van der Waals surface area contributed by atoms with Crippen molar-refractivity contribution in [2.45, 2.75) is 18.9 Å². The summed E-state index contributed by atoms with van der Waals surface area (Å²) in [4.78, 5) is 0. The molecular weight excluding hydrogens is 192 g/mol. The van der Waals surface area contributed by atoms with Crippen LogP contribution in [0.4, 0.5) is 0 Å². The lowest BCUT2D eigenvalue weighted by Gasteiger charge is -2.18. The lowest BCUT2D eigenvalue weighted by Crippen LogP contribution is -2.31. The Morgan fingerprint density at radius 1 is 1.36 bits per heavy atom. The molecule has 2 rings (SSSR count). The molecule has 0 spiro atoms. The summed E-state index contributed by atoms with van der Waals surface area (Å²) in [6.45, 7) is 3.15. The van der Waals surface area contributed by atoms with Crippen LogP contribution in [0.2, 0.25) is 0 Å². The second kappa shape index (κ2) is 3.96. The summed E-state index contributed by atoms with van der Waals surface area (Å²) in [7, 11) is 0. The van der Waals surface area contributed by atoms with Crippen molar-refractivity contribution in [2.24, 2.45) is 0 Å². The van der Waals surface area contributed by atoms with Crippen molar-refractivity contribution in [3.8, 4) is 0 Å². The molecule has 74 valence electrons. The number of hydrogen-bond acceptors (Lipinski definition) is 1. The minimum Gasteiger partial charge on any atom is -0.361 e. The van der Waals surface area contributed by atoms with Crippen LogP contribution in [0, 0.1) is 0 Å². The molecule has 2 atom stereocenters. The van der Waals surface area contributed by atoms with Gasteiger partial charge in [-0.1, -0.05) is 37.3 Å². The van der Waals surface area contributed by atoms with Crippen molar-refractivity contribution in [2.75, 3.05) is 6.54 Å². The summed E-state index contributed by atoms with van der Waals surface area (Å²) < 4.78 is 0. The fourth-order valence-electron chi connectivity index (χ4n) is 1.76. The quantitative estimate of drug-likeness (QED) is 0.719. The van der Waals surface area contributed by atoms with E-state index in [1.54, 1.807) is 0 Å². The van der Waals surface area contributed by atoms with Crippen LogP contribution in [0.1, 0.15) is 18.4 Å². The first-order valence-electron chi connectivity index (χ1n) is 4.86. The highest BCUT2D eigenvalue weighted by Crippen LogP contribution is 2.19. The maximum absolute atomic E-state index is 5.04. The second-order valence-electron chi connectivity index (χ2n) is 3.66. The molecule has 3 heteroatoms. The number of benzene rings is 1. The van der Waals surface area contributed by atoms with Gasteiger partial charge in [0.15, 0.2) is 5.11 Å². The van der Waals surface area contributed by atoms with Gasteiger partial charge in [0.2, 0.25) is 0 Å². The second-order valence-corrected chi connectivity index (χ2v) is 4.07. The van der Waals surface area contributed by atoms with E-state index < -0.39 is 0 Å². The number of nitrogens with one attached hydrogen (secondary N) is 2. The van der Waals surface area contributed by atoms with Gasteiger partial charge in [0.25, 0.3) is 0 Å². The van der Waals surface area contributed by atoms with Gasteiger partial charge in [-0.05, 0) is 17.8 Å². The van der Waals surface area contributed by atoms with E-state index in [9.17, 15) is 0 Å². The van der Waals surface area contributed by atoms with E-state index >= 15 is 0 Å². The van der Waals surface area contributed by atoms with Crippen molar-refractivity contribution >= 4 is 17.3 Å². The average molecular weight is 206 g/mol. The van der Waals surface area contributed by atoms with Crippen LogP contribution in [0.25, 0.3) is 0 Å². The fraction of sp³-hybridized carbons (Fsp3) is 0.364. The molecule has 1 aromatic carbocycles. The Labute approximate surface area is 89.7 Å². The van der Waals surface area contributed by atoms with E-state index in [4.69, 9.17) is 12.2 Å². The van der Waals surface area contributed by atoms with Crippen LogP contribution < -0.4 is 10.6 Å².